The number of amides is 2. The van der Waals surface area contributed by atoms with Crippen molar-refractivity contribution < 1.29 is 19.1 Å². The predicted molar refractivity (Wildman–Crippen MR) is 109 cm³/mol. The average molecular weight is 405 g/mol. The number of carbonyl (C=O) groups excluding carboxylic acids is 2. The summed E-state index contributed by atoms with van der Waals surface area (Å²) in [6, 6.07) is 11.1. The summed E-state index contributed by atoms with van der Waals surface area (Å²) in [6.45, 7) is 5.40. The van der Waals surface area contributed by atoms with Crippen molar-refractivity contribution in [2.45, 2.75) is 33.6 Å². The Balaban J connectivity index is 1.69. The van der Waals surface area contributed by atoms with Crippen LogP contribution in [0.4, 0.5) is 0 Å². The van der Waals surface area contributed by atoms with E-state index >= 15 is 0 Å². The van der Waals surface area contributed by atoms with Crippen LogP contribution < -0.4 is 20.3 Å². The summed E-state index contributed by atoms with van der Waals surface area (Å²) in [4.78, 5) is 23.6. The zero-order chi connectivity index (χ0) is 20.5. The molecule has 0 aliphatic carbocycles. The van der Waals surface area contributed by atoms with Crippen LogP contribution in [-0.4, -0.2) is 25.0 Å². The molecule has 0 aliphatic heterocycles. The van der Waals surface area contributed by atoms with E-state index in [9.17, 15) is 9.59 Å². The van der Waals surface area contributed by atoms with E-state index in [1.807, 2.05) is 38.1 Å². The lowest BCUT2D eigenvalue weighted by Crippen LogP contribution is -2.45. The van der Waals surface area contributed by atoms with Crippen LogP contribution in [0.25, 0.3) is 0 Å². The summed E-state index contributed by atoms with van der Waals surface area (Å²) < 4.78 is 10.8. The average Bonchev–Trinajstić information content (AvgIpc) is 2.68. The number of ether oxygens (including phenoxy) is 2. The Morgan fingerprint density at radius 1 is 0.893 bits per heavy atom. The maximum atomic E-state index is 11.8. The van der Waals surface area contributed by atoms with Gasteiger partial charge in [-0.3, -0.25) is 20.4 Å². The summed E-state index contributed by atoms with van der Waals surface area (Å²) >= 11 is 6.10. The van der Waals surface area contributed by atoms with Crippen LogP contribution in [0, 0.1) is 13.8 Å². The molecule has 0 unspecified atom stereocenters. The van der Waals surface area contributed by atoms with Gasteiger partial charge in [0.05, 0.1) is 0 Å². The van der Waals surface area contributed by atoms with E-state index in [-0.39, 0.29) is 13.2 Å². The van der Waals surface area contributed by atoms with Crippen molar-refractivity contribution in [3.8, 4) is 11.5 Å². The second kappa shape index (κ2) is 10.6. The van der Waals surface area contributed by atoms with Gasteiger partial charge in [-0.2, -0.15) is 0 Å². The van der Waals surface area contributed by atoms with Crippen LogP contribution in [0.1, 0.15) is 30.0 Å². The van der Waals surface area contributed by atoms with Crippen molar-refractivity contribution in [1.82, 2.24) is 10.9 Å². The molecule has 2 aromatic carbocycles. The third kappa shape index (κ3) is 6.78. The molecule has 2 aromatic rings. The number of hydrazine groups is 1. The highest BCUT2D eigenvalue weighted by atomic mass is 35.5. The second-order valence-corrected chi connectivity index (χ2v) is 6.82. The molecule has 7 heteroatoms. The van der Waals surface area contributed by atoms with Crippen LogP contribution in [0.5, 0.6) is 11.5 Å². The van der Waals surface area contributed by atoms with Gasteiger partial charge in [0.2, 0.25) is 0 Å². The SMILES string of the molecule is CCCc1ccc(OCC(=O)NNC(=O)COc2cc(C)c(Cl)c(C)c2)cc1. The summed E-state index contributed by atoms with van der Waals surface area (Å²) in [5, 5.41) is 0.670. The number of hydrogen-bond donors (Lipinski definition) is 2. The summed E-state index contributed by atoms with van der Waals surface area (Å²) in [7, 11) is 0. The van der Waals surface area contributed by atoms with Crippen LogP contribution in [0.2, 0.25) is 5.02 Å². The Hall–Kier alpha value is -2.73. The lowest BCUT2D eigenvalue weighted by molar-refractivity contribution is -0.131. The van der Waals surface area contributed by atoms with Crippen molar-refractivity contribution in [2.24, 2.45) is 0 Å². The first-order valence-electron chi connectivity index (χ1n) is 9.08. The molecule has 2 N–H and O–H groups in total. The molecule has 0 saturated heterocycles. The Labute approximate surface area is 170 Å². The number of hydrogen-bond acceptors (Lipinski definition) is 4. The molecule has 0 saturated carbocycles. The lowest BCUT2D eigenvalue weighted by atomic mass is 10.1. The van der Waals surface area contributed by atoms with E-state index in [1.165, 1.54) is 5.56 Å². The zero-order valence-corrected chi connectivity index (χ0v) is 17.1. The highest BCUT2D eigenvalue weighted by molar-refractivity contribution is 6.32. The smallest absolute Gasteiger partial charge is 0.276 e. The molecule has 0 fully saturated rings. The fourth-order valence-electron chi connectivity index (χ4n) is 2.54. The van der Waals surface area contributed by atoms with Gasteiger partial charge in [0.1, 0.15) is 11.5 Å². The first kappa shape index (κ1) is 21.6. The molecule has 0 radical (unpaired) electrons. The number of nitrogens with one attached hydrogen (secondary N) is 2. The Morgan fingerprint density at radius 2 is 1.39 bits per heavy atom. The van der Waals surface area contributed by atoms with Crippen molar-refractivity contribution in [3.63, 3.8) is 0 Å². The quantitative estimate of drug-likeness (QED) is 0.660. The monoisotopic (exact) mass is 404 g/mol. The fraction of sp³-hybridized carbons (Fsp3) is 0.333. The van der Waals surface area contributed by atoms with E-state index in [4.69, 9.17) is 21.1 Å². The molecule has 0 aromatic heterocycles. The minimum Gasteiger partial charge on any atom is -0.484 e. The van der Waals surface area contributed by atoms with Gasteiger partial charge in [-0.1, -0.05) is 37.1 Å². The largest absolute Gasteiger partial charge is 0.484 e. The maximum absolute atomic E-state index is 11.8. The standard InChI is InChI=1S/C21H25ClN2O4/c1-4-5-16-6-8-17(9-7-16)27-12-19(25)23-24-20(26)13-28-18-10-14(2)21(22)15(3)11-18/h6-11H,4-5,12-13H2,1-3H3,(H,23,25)(H,24,26). The van der Waals surface area contributed by atoms with Gasteiger partial charge >= 0.3 is 0 Å². The predicted octanol–water partition coefficient (Wildman–Crippen LogP) is 3.51. The van der Waals surface area contributed by atoms with E-state index in [2.05, 4.69) is 17.8 Å². The molecular formula is C21H25ClN2O4. The number of rotatable bonds is 8. The van der Waals surface area contributed by atoms with Crippen molar-refractivity contribution in [1.29, 1.82) is 0 Å². The molecule has 0 atom stereocenters. The topological polar surface area (TPSA) is 76.7 Å². The van der Waals surface area contributed by atoms with Gasteiger partial charge in [-0.25, -0.2) is 0 Å². The summed E-state index contributed by atoms with van der Waals surface area (Å²) in [5.74, 6) is 0.181. The second-order valence-electron chi connectivity index (χ2n) is 6.44. The van der Waals surface area contributed by atoms with Crippen LogP contribution in [-0.2, 0) is 16.0 Å². The third-order valence-corrected chi connectivity index (χ3v) is 4.55. The van der Waals surface area contributed by atoms with Gasteiger partial charge in [0.15, 0.2) is 13.2 Å². The lowest BCUT2D eigenvalue weighted by Gasteiger charge is -2.11. The first-order valence-corrected chi connectivity index (χ1v) is 9.45. The molecule has 0 aliphatic rings. The number of carbonyl (C=O) groups is 2. The molecular weight excluding hydrogens is 380 g/mol. The van der Waals surface area contributed by atoms with E-state index in [1.54, 1.807) is 12.1 Å². The van der Waals surface area contributed by atoms with Crippen LogP contribution in [0.15, 0.2) is 36.4 Å². The molecule has 0 bridgehead atoms. The Morgan fingerprint density at radius 3 is 1.89 bits per heavy atom. The number of benzene rings is 2. The van der Waals surface area contributed by atoms with Gasteiger partial charge in [-0.05, 0) is 61.2 Å². The summed E-state index contributed by atoms with van der Waals surface area (Å²) in [5.41, 5.74) is 7.53. The molecule has 150 valence electrons. The molecule has 0 spiro atoms. The zero-order valence-electron chi connectivity index (χ0n) is 16.3. The number of aryl methyl sites for hydroxylation is 3. The first-order chi connectivity index (χ1) is 13.4. The third-order valence-electron chi connectivity index (χ3n) is 3.95. The van der Waals surface area contributed by atoms with Crippen molar-refractivity contribution in [2.75, 3.05) is 13.2 Å². The fourth-order valence-corrected chi connectivity index (χ4v) is 2.65. The van der Waals surface area contributed by atoms with Gasteiger partial charge < -0.3 is 9.47 Å². The minimum atomic E-state index is -0.484. The molecule has 2 amide bonds. The minimum absolute atomic E-state index is 0.205. The molecule has 0 heterocycles. The normalized spacial score (nSPS) is 10.3. The Bertz CT molecular complexity index is 799. The summed E-state index contributed by atoms with van der Waals surface area (Å²) in [6.07, 6.45) is 2.08. The molecule has 28 heavy (non-hydrogen) atoms. The van der Waals surface area contributed by atoms with E-state index in [0.717, 1.165) is 24.0 Å². The maximum Gasteiger partial charge on any atom is 0.276 e. The van der Waals surface area contributed by atoms with E-state index < -0.39 is 11.8 Å². The Kier molecular flexibility index (Phi) is 8.14. The van der Waals surface area contributed by atoms with Crippen LogP contribution in [0.3, 0.4) is 0 Å². The molecule has 2 rings (SSSR count). The van der Waals surface area contributed by atoms with Crippen molar-refractivity contribution >= 4 is 23.4 Å². The number of halogens is 1. The molecule has 6 nitrogen and oxygen atoms in total. The van der Waals surface area contributed by atoms with Gasteiger partial charge in [-0.15, -0.1) is 0 Å². The highest BCUT2D eigenvalue weighted by Gasteiger charge is 2.08. The van der Waals surface area contributed by atoms with E-state index in [0.29, 0.717) is 16.5 Å². The van der Waals surface area contributed by atoms with Gasteiger partial charge in [0.25, 0.3) is 11.8 Å². The van der Waals surface area contributed by atoms with Crippen LogP contribution >= 0.6 is 11.6 Å². The highest BCUT2D eigenvalue weighted by Crippen LogP contribution is 2.25. The van der Waals surface area contributed by atoms with Crippen molar-refractivity contribution in [3.05, 3.63) is 58.1 Å². The van der Waals surface area contributed by atoms with Gasteiger partial charge in [0, 0.05) is 5.02 Å².